The van der Waals surface area contributed by atoms with Crippen molar-refractivity contribution in [3.05, 3.63) is 115 Å². The number of amides is 2. The lowest BCUT2D eigenvalue weighted by atomic mass is 9.95. The van der Waals surface area contributed by atoms with E-state index in [1.54, 1.807) is 68.6 Å². The third-order valence-corrected chi connectivity index (χ3v) is 10.1. The van der Waals surface area contributed by atoms with E-state index in [4.69, 9.17) is 9.47 Å². The molecule has 0 saturated heterocycles. The van der Waals surface area contributed by atoms with Gasteiger partial charge in [-0.1, -0.05) is 67.8 Å². The summed E-state index contributed by atoms with van der Waals surface area (Å²) < 4.78 is 40.6. The second-order valence-corrected chi connectivity index (χ2v) is 13.5. The molecule has 1 atom stereocenters. The Morgan fingerprint density at radius 2 is 1.43 bits per heavy atom. The minimum Gasteiger partial charge on any atom is -0.497 e. The number of rotatable bonds is 13. The highest BCUT2D eigenvalue weighted by Crippen LogP contribution is 2.29. The maximum atomic E-state index is 14.3. The molecule has 5 rings (SSSR count). The van der Waals surface area contributed by atoms with E-state index >= 15 is 0 Å². The summed E-state index contributed by atoms with van der Waals surface area (Å²) in [4.78, 5) is 29.3. The second kappa shape index (κ2) is 15.6. The van der Waals surface area contributed by atoms with Crippen molar-refractivity contribution in [2.75, 3.05) is 18.0 Å². The Hall–Kier alpha value is -4.83. The summed E-state index contributed by atoms with van der Waals surface area (Å²) in [5.74, 6) is 0.963. The highest BCUT2D eigenvalue weighted by atomic mass is 32.2. The molecule has 1 saturated carbocycles. The van der Waals surface area contributed by atoms with Crippen LogP contribution in [0.2, 0.25) is 0 Å². The number of hydrogen-bond donors (Lipinski definition) is 1. The topological polar surface area (TPSA) is 105 Å². The molecule has 0 bridgehead atoms. The molecule has 0 heterocycles. The van der Waals surface area contributed by atoms with Crippen LogP contribution in [-0.2, 0) is 26.2 Å². The number of nitrogens with zero attached hydrogens (tertiary/aromatic N) is 2. The van der Waals surface area contributed by atoms with E-state index < -0.39 is 28.5 Å². The van der Waals surface area contributed by atoms with E-state index in [1.807, 2.05) is 42.5 Å². The van der Waals surface area contributed by atoms with E-state index in [0.717, 1.165) is 42.0 Å². The Labute approximate surface area is 277 Å². The fourth-order valence-corrected chi connectivity index (χ4v) is 7.11. The first-order chi connectivity index (χ1) is 22.7. The first-order valence-corrected chi connectivity index (χ1v) is 17.3. The van der Waals surface area contributed by atoms with Crippen LogP contribution in [0.15, 0.2) is 114 Å². The van der Waals surface area contributed by atoms with Gasteiger partial charge in [0.2, 0.25) is 11.8 Å². The normalized spacial score (nSPS) is 14.1. The van der Waals surface area contributed by atoms with Gasteiger partial charge in [-0.05, 0) is 86.0 Å². The van der Waals surface area contributed by atoms with E-state index in [9.17, 15) is 18.0 Å². The van der Waals surface area contributed by atoms with Crippen LogP contribution in [0.3, 0.4) is 0 Å². The molecule has 1 aliphatic carbocycles. The van der Waals surface area contributed by atoms with Crippen molar-refractivity contribution in [1.29, 1.82) is 0 Å². The van der Waals surface area contributed by atoms with Gasteiger partial charge in [0, 0.05) is 12.6 Å². The number of carbonyl (C=O) groups is 2. The molecule has 0 spiro atoms. The quantitative estimate of drug-likeness (QED) is 0.175. The number of carbonyl (C=O) groups excluding carboxylic acids is 2. The maximum absolute atomic E-state index is 14.3. The molecule has 0 aromatic heterocycles. The molecule has 0 aliphatic heterocycles. The number of para-hydroxylation sites is 1. The van der Waals surface area contributed by atoms with E-state index in [1.165, 1.54) is 17.0 Å². The fraction of sp³-hybridized carbons (Fsp3) is 0.297. The van der Waals surface area contributed by atoms with Crippen LogP contribution >= 0.6 is 0 Å². The zero-order valence-electron chi connectivity index (χ0n) is 26.7. The lowest BCUT2D eigenvalue weighted by Crippen LogP contribution is -2.53. The van der Waals surface area contributed by atoms with Gasteiger partial charge in [0.15, 0.2) is 0 Å². The summed E-state index contributed by atoms with van der Waals surface area (Å²) in [6.45, 7) is 1.24. The van der Waals surface area contributed by atoms with Gasteiger partial charge < -0.3 is 19.7 Å². The molecule has 4 aromatic carbocycles. The lowest BCUT2D eigenvalue weighted by Gasteiger charge is -2.33. The second-order valence-electron chi connectivity index (χ2n) is 11.6. The van der Waals surface area contributed by atoms with Gasteiger partial charge in [-0.2, -0.15) is 0 Å². The third-order valence-electron chi connectivity index (χ3n) is 8.32. The minimum atomic E-state index is -4.18. The van der Waals surface area contributed by atoms with Crippen LogP contribution < -0.4 is 19.1 Å². The highest BCUT2D eigenvalue weighted by molar-refractivity contribution is 7.92. The van der Waals surface area contributed by atoms with E-state index in [0.29, 0.717) is 17.2 Å². The molecule has 246 valence electrons. The maximum Gasteiger partial charge on any atom is 0.264 e. The SMILES string of the molecule is COc1cccc(CN(C(=O)CN(c2ccc(Oc3ccccc3)cc2)S(=O)(=O)c2ccccc2)[C@H](C)C(=O)NC2CCCCC2)c1. The number of benzene rings is 4. The molecule has 4 aromatic rings. The summed E-state index contributed by atoms with van der Waals surface area (Å²) in [6, 6.07) is 30.2. The number of methoxy groups -OCH3 is 1. The number of sulfonamides is 1. The Bertz CT molecular complexity index is 1730. The van der Waals surface area contributed by atoms with Crippen LogP contribution in [0.4, 0.5) is 5.69 Å². The van der Waals surface area contributed by atoms with Crippen molar-refractivity contribution >= 4 is 27.5 Å². The van der Waals surface area contributed by atoms with Gasteiger partial charge >= 0.3 is 0 Å². The number of ether oxygens (including phenoxy) is 2. The Morgan fingerprint density at radius 1 is 0.809 bits per heavy atom. The lowest BCUT2D eigenvalue weighted by molar-refractivity contribution is -0.139. The number of anilines is 1. The summed E-state index contributed by atoms with van der Waals surface area (Å²) in [5.41, 5.74) is 1.03. The number of nitrogens with one attached hydrogen (secondary N) is 1. The molecule has 1 fully saturated rings. The van der Waals surface area contributed by atoms with Crippen molar-refractivity contribution < 1.29 is 27.5 Å². The van der Waals surface area contributed by atoms with Crippen LogP contribution in [0, 0.1) is 0 Å². The summed E-state index contributed by atoms with van der Waals surface area (Å²) in [6.07, 6.45) is 5.04. The van der Waals surface area contributed by atoms with Crippen molar-refractivity contribution in [2.45, 2.75) is 62.6 Å². The standard InChI is InChI=1S/C37H41N3O6S/c1-28(37(42)38-30-14-6-3-7-15-30)39(26-29-13-12-18-34(25-29)45-2)36(41)27-40(47(43,44)35-19-10-5-11-20-35)31-21-23-33(24-22-31)46-32-16-8-4-9-17-32/h4-5,8-13,16-25,28,30H,3,6-7,14-15,26-27H2,1-2H3,(H,38,42)/t28-/m1/s1. The monoisotopic (exact) mass is 655 g/mol. The minimum absolute atomic E-state index is 0.0415. The third kappa shape index (κ3) is 8.71. The average molecular weight is 656 g/mol. The van der Waals surface area contributed by atoms with Gasteiger partial charge in [0.05, 0.1) is 17.7 Å². The van der Waals surface area contributed by atoms with Gasteiger partial charge in [-0.3, -0.25) is 13.9 Å². The fourth-order valence-electron chi connectivity index (χ4n) is 5.67. The smallest absolute Gasteiger partial charge is 0.264 e. The first-order valence-electron chi connectivity index (χ1n) is 15.9. The molecule has 47 heavy (non-hydrogen) atoms. The zero-order chi connectivity index (χ0) is 33.2. The van der Waals surface area contributed by atoms with E-state index in [2.05, 4.69) is 5.32 Å². The van der Waals surface area contributed by atoms with Gasteiger partial charge in [0.1, 0.15) is 29.8 Å². The average Bonchev–Trinajstić information content (AvgIpc) is 3.11. The highest BCUT2D eigenvalue weighted by Gasteiger charge is 2.33. The molecular weight excluding hydrogens is 614 g/mol. The molecule has 0 radical (unpaired) electrons. The predicted molar refractivity (Wildman–Crippen MR) is 182 cm³/mol. The van der Waals surface area contributed by atoms with Crippen LogP contribution in [0.25, 0.3) is 0 Å². The molecule has 1 N–H and O–H groups in total. The van der Waals surface area contributed by atoms with Gasteiger partial charge in [-0.25, -0.2) is 8.42 Å². The molecule has 2 amide bonds. The number of hydrogen-bond acceptors (Lipinski definition) is 6. The van der Waals surface area contributed by atoms with Crippen molar-refractivity contribution in [3.8, 4) is 17.2 Å². The summed E-state index contributed by atoms with van der Waals surface area (Å²) in [7, 11) is -2.62. The van der Waals surface area contributed by atoms with Crippen LogP contribution in [0.1, 0.15) is 44.6 Å². The first kappa shape index (κ1) is 33.5. The van der Waals surface area contributed by atoms with Crippen LogP contribution in [-0.4, -0.2) is 50.9 Å². The molecule has 10 heteroatoms. The zero-order valence-corrected chi connectivity index (χ0v) is 27.6. The van der Waals surface area contributed by atoms with Gasteiger partial charge in [0.25, 0.3) is 10.0 Å². The van der Waals surface area contributed by atoms with Crippen molar-refractivity contribution in [3.63, 3.8) is 0 Å². The van der Waals surface area contributed by atoms with Crippen molar-refractivity contribution in [2.24, 2.45) is 0 Å². The Kier molecular flexibility index (Phi) is 11.2. The molecular formula is C37H41N3O6S. The largest absolute Gasteiger partial charge is 0.497 e. The Balaban J connectivity index is 1.46. The van der Waals surface area contributed by atoms with Crippen molar-refractivity contribution in [1.82, 2.24) is 10.2 Å². The van der Waals surface area contributed by atoms with E-state index in [-0.39, 0.29) is 29.1 Å². The molecule has 0 unspecified atom stereocenters. The van der Waals surface area contributed by atoms with Crippen LogP contribution in [0.5, 0.6) is 17.2 Å². The Morgan fingerprint density at radius 3 is 2.09 bits per heavy atom. The van der Waals surface area contributed by atoms with Gasteiger partial charge in [-0.15, -0.1) is 0 Å². The summed E-state index contributed by atoms with van der Waals surface area (Å²) in [5, 5.41) is 3.13. The molecule has 1 aliphatic rings. The molecule has 9 nitrogen and oxygen atoms in total. The predicted octanol–water partition coefficient (Wildman–Crippen LogP) is 6.55. The summed E-state index contributed by atoms with van der Waals surface area (Å²) >= 11 is 0.